The predicted octanol–water partition coefficient (Wildman–Crippen LogP) is 3.02. The van der Waals surface area contributed by atoms with Crippen LogP contribution in [0.1, 0.15) is 54.2 Å². The predicted molar refractivity (Wildman–Crippen MR) is 142 cm³/mol. The Labute approximate surface area is 214 Å². The second kappa shape index (κ2) is 10.4. The lowest BCUT2D eigenvalue weighted by Crippen LogP contribution is -2.29. The van der Waals surface area contributed by atoms with E-state index in [0.717, 1.165) is 42.8 Å². The van der Waals surface area contributed by atoms with Gasteiger partial charge in [0.05, 0.1) is 11.9 Å². The van der Waals surface area contributed by atoms with Crippen LogP contribution in [0.3, 0.4) is 0 Å². The number of nitrogen functional groups attached to an aromatic ring is 1. The van der Waals surface area contributed by atoms with Gasteiger partial charge < -0.3 is 26.4 Å². The number of ether oxygens (including phenoxy) is 1. The number of amides is 1. The van der Waals surface area contributed by atoms with Gasteiger partial charge in [0.15, 0.2) is 11.3 Å². The molecule has 0 saturated carbocycles. The van der Waals surface area contributed by atoms with E-state index < -0.39 is 0 Å². The highest BCUT2D eigenvalue weighted by atomic mass is 16.5. The van der Waals surface area contributed by atoms with Gasteiger partial charge in [-0.25, -0.2) is 0 Å². The highest BCUT2D eigenvalue weighted by Crippen LogP contribution is 2.24. The zero-order valence-electron chi connectivity index (χ0n) is 21.2. The Balaban J connectivity index is 1.35. The SMILES string of the molecule is CC(C)c1cnn2c(NCc3cccc(NC(=O)c4nn(C)cc4N)c3)nc(NC3CCOCC3)nc12. The van der Waals surface area contributed by atoms with Crippen molar-refractivity contribution >= 4 is 34.8 Å². The molecule has 12 nitrogen and oxygen atoms in total. The van der Waals surface area contributed by atoms with Crippen LogP contribution >= 0.6 is 0 Å². The molecule has 4 heterocycles. The summed E-state index contributed by atoms with van der Waals surface area (Å²) in [6.45, 7) is 6.17. The quantitative estimate of drug-likeness (QED) is 0.284. The summed E-state index contributed by atoms with van der Waals surface area (Å²) in [4.78, 5) is 22.1. The maximum atomic E-state index is 12.6. The van der Waals surface area contributed by atoms with Crippen LogP contribution in [0.2, 0.25) is 0 Å². The van der Waals surface area contributed by atoms with Crippen molar-refractivity contribution < 1.29 is 9.53 Å². The van der Waals surface area contributed by atoms with Crippen molar-refractivity contribution in [2.45, 2.75) is 45.2 Å². The number of nitrogens with one attached hydrogen (secondary N) is 3. The average Bonchev–Trinajstić information content (AvgIpc) is 3.46. The van der Waals surface area contributed by atoms with Crippen molar-refractivity contribution in [1.82, 2.24) is 29.4 Å². The summed E-state index contributed by atoms with van der Waals surface area (Å²) in [6, 6.07) is 7.84. The third-order valence-corrected chi connectivity index (χ3v) is 6.28. The van der Waals surface area contributed by atoms with Crippen LogP contribution in [0.15, 0.2) is 36.7 Å². The Morgan fingerprint density at radius 3 is 2.78 bits per heavy atom. The molecule has 12 heteroatoms. The van der Waals surface area contributed by atoms with E-state index in [2.05, 4.69) is 40.0 Å². The minimum atomic E-state index is -0.359. The largest absolute Gasteiger partial charge is 0.396 e. The molecule has 194 valence electrons. The maximum Gasteiger partial charge on any atom is 0.278 e. The Morgan fingerprint density at radius 1 is 1.24 bits per heavy atom. The molecule has 3 aromatic heterocycles. The first-order chi connectivity index (χ1) is 17.9. The van der Waals surface area contributed by atoms with Crippen molar-refractivity contribution in [1.29, 1.82) is 0 Å². The first-order valence-electron chi connectivity index (χ1n) is 12.4. The summed E-state index contributed by atoms with van der Waals surface area (Å²) >= 11 is 0. The monoisotopic (exact) mass is 504 g/mol. The van der Waals surface area contributed by atoms with Crippen molar-refractivity contribution in [3.05, 3.63) is 53.5 Å². The fourth-order valence-electron chi connectivity index (χ4n) is 4.32. The number of aromatic nitrogens is 6. The van der Waals surface area contributed by atoms with E-state index in [1.165, 1.54) is 4.68 Å². The maximum absolute atomic E-state index is 12.6. The van der Waals surface area contributed by atoms with Gasteiger partial charge >= 0.3 is 0 Å². The summed E-state index contributed by atoms with van der Waals surface area (Å²) in [5, 5.41) is 18.4. The number of hydrogen-bond acceptors (Lipinski definition) is 9. The van der Waals surface area contributed by atoms with Crippen molar-refractivity contribution in [2.75, 3.05) is 34.9 Å². The second-order valence-electron chi connectivity index (χ2n) is 9.51. The molecule has 5 rings (SSSR count). The molecule has 5 N–H and O–H groups in total. The first kappa shape index (κ1) is 24.5. The van der Waals surface area contributed by atoms with Gasteiger partial charge in [-0.2, -0.15) is 24.7 Å². The zero-order chi connectivity index (χ0) is 25.9. The number of benzene rings is 1. The molecule has 37 heavy (non-hydrogen) atoms. The molecule has 0 aliphatic carbocycles. The van der Waals surface area contributed by atoms with Crippen LogP contribution in [-0.2, 0) is 18.3 Å². The fraction of sp³-hybridized carbons (Fsp3) is 0.400. The molecular weight excluding hydrogens is 472 g/mol. The zero-order valence-corrected chi connectivity index (χ0v) is 21.2. The van der Waals surface area contributed by atoms with Crippen molar-refractivity contribution in [2.24, 2.45) is 7.05 Å². The minimum Gasteiger partial charge on any atom is -0.396 e. The first-order valence-corrected chi connectivity index (χ1v) is 12.4. The molecule has 0 radical (unpaired) electrons. The number of fused-ring (bicyclic) bond motifs is 1. The minimum absolute atomic E-state index is 0.193. The Hall–Kier alpha value is -4.19. The van der Waals surface area contributed by atoms with E-state index >= 15 is 0 Å². The molecule has 1 saturated heterocycles. The van der Waals surface area contributed by atoms with Crippen LogP contribution < -0.4 is 21.7 Å². The molecule has 4 aromatic rings. The normalized spacial score (nSPS) is 14.3. The van der Waals surface area contributed by atoms with Gasteiger partial charge in [-0.3, -0.25) is 9.48 Å². The molecule has 1 aliphatic rings. The van der Waals surface area contributed by atoms with Gasteiger partial charge in [0.1, 0.15) is 0 Å². The molecule has 1 fully saturated rings. The van der Waals surface area contributed by atoms with Crippen LogP contribution in [0, 0.1) is 0 Å². The van der Waals surface area contributed by atoms with E-state index in [4.69, 9.17) is 20.4 Å². The highest BCUT2D eigenvalue weighted by molar-refractivity contribution is 6.06. The topological polar surface area (TPSA) is 149 Å². The van der Waals surface area contributed by atoms with Crippen LogP contribution in [-0.4, -0.2) is 54.5 Å². The van der Waals surface area contributed by atoms with Gasteiger partial charge in [0.2, 0.25) is 11.9 Å². The van der Waals surface area contributed by atoms with Crippen LogP contribution in [0.5, 0.6) is 0 Å². The lowest BCUT2D eigenvalue weighted by atomic mass is 10.1. The number of anilines is 4. The summed E-state index contributed by atoms with van der Waals surface area (Å²) in [7, 11) is 1.72. The van der Waals surface area contributed by atoms with E-state index in [-0.39, 0.29) is 23.6 Å². The van der Waals surface area contributed by atoms with E-state index in [0.29, 0.717) is 29.8 Å². The van der Waals surface area contributed by atoms with Gasteiger partial charge in [-0.05, 0) is 36.5 Å². The summed E-state index contributed by atoms with van der Waals surface area (Å²) in [6.07, 6.45) is 5.27. The number of carbonyl (C=O) groups excluding carboxylic acids is 1. The third-order valence-electron chi connectivity index (χ3n) is 6.28. The van der Waals surface area contributed by atoms with Crippen LogP contribution in [0.25, 0.3) is 5.65 Å². The smallest absolute Gasteiger partial charge is 0.278 e. The summed E-state index contributed by atoms with van der Waals surface area (Å²) < 4.78 is 8.73. The number of nitrogens with zero attached hydrogens (tertiary/aromatic N) is 6. The average molecular weight is 505 g/mol. The molecular formula is C25H32N10O2. The highest BCUT2D eigenvalue weighted by Gasteiger charge is 2.19. The summed E-state index contributed by atoms with van der Waals surface area (Å²) in [5.74, 6) is 1.06. The number of nitrogens with two attached hydrogens (primary N) is 1. The van der Waals surface area contributed by atoms with Gasteiger partial charge in [0.25, 0.3) is 5.91 Å². The molecule has 0 unspecified atom stereocenters. The molecule has 0 atom stereocenters. The van der Waals surface area contributed by atoms with Crippen LogP contribution in [0.4, 0.5) is 23.3 Å². The molecule has 1 amide bonds. The van der Waals surface area contributed by atoms with Gasteiger partial charge in [-0.15, -0.1) is 0 Å². The second-order valence-corrected chi connectivity index (χ2v) is 9.51. The molecule has 0 bridgehead atoms. The Kier molecular flexibility index (Phi) is 6.91. The van der Waals surface area contributed by atoms with E-state index in [1.807, 2.05) is 30.5 Å². The standard InChI is InChI=1S/C25H32N10O2/c1-15(2)19-13-28-35-22(19)31-24(30-17-7-9-37-10-8-17)32-25(35)27-12-16-5-4-6-18(11-16)29-23(36)21-20(26)14-34(3)33-21/h4-6,11,13-15,17H,7-10,12,26H2,1-3H3,(H,29,36)(H2,27,30,31,32). The molecule has 1 aliphatic heterocycles. The number of rotatable bonds is 8. The van der Waals surface area contributed by atoms with Gasteiger partial charge in [-0.1, -0.05) is 26.0 Å². The van der Waals surface area contributed by atoms with Crippen molar-refractivity contribution in [3.8, 4) is 0 Å². The van der Waals surface area contributed by atoms with E-state index in [9.17, 15) is 4.79 Å². The van der Waals surface area contributed by atoms with Gasteiger partial charge in [0, 0.05) is 50.3 Å². The number of carbonyl (C=O) groups is 1. The lowest BCUT2D eigenvalue weighted by molar-refractivity contribution is 0.0903. The lowest BCUT2D eigenvalue weighted by Gasteiger charge is -2.23. The molecule has 1 aromatic carbocycles. The number of hydrogen-bond donors (Lipinski definition) is 4. The number of aryl methyl sites for hydroxylation is 1. The third kappa shape index (κ3) is 5.48. The summed E-state index contributed by atoms with van der Waals surface area (Å²) in [5.41, 5.74) is 9.84. The van der Waals surface area contributed by atoms with E-state index in [1.54, 1.807) is 17.8 Å². The fourth-order valence-corrected chi connectivity index (χ4v) is 4.32. The van der Waals surface area contributed by atoms with Crippen molar-refractivity contribution in [3.63, 3.8) is 0 Å². The molecule has 0 spiro atoms. The Bertz CT molecular complexity index is 1400. The Morgan fingerprint density at radius 2 is 2.05 bits per heavy atom.